The Balaban J connectivity index is 1.68. The van der Waals surface area contributed by atoms with Crippen molar-refractivity contribution in [2.24, 2.45) is 11.3 Å². The van der Waals surface area contributed by atoms with Crippen LogP contribution in [0.4, 0.5) is 0 Å². The third kappa shape index (κ3) is 8.13. The minimum atomic E-state index is -0.514. The van der Waals surface area contributed by atoms with E-state index >= 15 is 0 Å². The van der Waals surface area contributed by atoms with E-state index < -0.39 is 5.41 Å². The molecule has 0 radical (unpaired) electrons. The second-order valence-electron chi connectivity index (χ2n) is 13.6. The van der Waals surface area contributed by atoms with Gasteiger partial charge < -0.3 is 18.9 Å². The van der Waals surface area contributed by atoms with Crippen LogP contribution in [0.5, 0.6) is 11.5 Å². The molecule has 43 heavy (non-hydrogen) atoms. The summed E-state index contributed by atoms with van der Waals surface area (Å²) in [7, 11) is 0. The summed E-state index contributed by atoms with van der Waals surface area (Å²) >= 11 is 0. The summed E-state index contributed by atoms with van der Waals surface area (Å²) < 4.78 is 24.2. The van der Waals surface area contributed by atoms with Gasteiger partial charge >= 0.3 is 11.9 Å². The smallest absolute Gasteiger partial charge is 0.311 e. The second-order valence-corrected chi connectivity index (χ2v) is 13.6. The Hall–Kier alpha value is -3.02. The lowest BCUT2D eigenvalue weighted by atomic mass is 9.78. The first-order valence-corrected chi connectivity index (χ1v) is 16.4. The van der Waals surface area contributed by atoms with E-state index in [1.54, 1.807) is 0 Å². The lowest BCUT2D eigenvalue weighted by Gasteiger charge is -2.30. The Morgan fingerprint density at radius 3 is 1.58 bits per heavy atom. The van der Waals surface area contributed by atoms with Gasteiger partial charge in [-0.05, 0) is 119 Å². The first kappa shape index (κ1) is 32.9. The maximum absolute atomic E-state index is 12.2. The van der Waals surface area contributed by atoms with Gasteiger partial charge in [0.05, 0.1) is 37.8 Å². The molecule has 0 aromatic heterocycles. The van der Waals surface area contributed by atoms with Crippen LogP contribution >= 0.6 is 0 Å². The molecule has 0 N–H and O–H groups in total. The standard InChI is InChI=1S/C37H52O6/c1-24(2)35(38)42-20-12-18-40-33-25(3)22-27-14-8-10-16-29(27)31(33)32-30-17-11-9-15-28(30)23-26(4)34(32)41-19-13-21-43-36(39)37(5,6)7/h22-24H,8-21H2,1-7H3. The van der Waals surface area contributed by atoms with Gasteiger partial charge in [0.1, 0.15) is 11.5 Å². The Kier molecular flexibility index (Phi) is 11.2. The summed E-state index contributed by atoms with van der Waals surface area (Å²) in [5.74, 6) is 1.36. The molecule has 0 atom stereocenters. The molecule has 2 aliphatic carbocycles. The third-order valence-electron chi connectivity index (χ3n) is 8.46. The predicted octanol–water partition coefficient (Wildman–Crippen LogP) is 8.05. The molecule has 0 saturated carbocycles. The number of hydrogen-bond donors (Lipinski definition) is 0. The van der Waals surface area contributed by atoms with Crippen LogP contribution in [-0.2, 0) is 44.7 Å². The Bertz CT molecular complexity index is 1300. The summed E-state index contributed by atoms with van der Waals surface area (Å²) in [6.07, 6.45) is 10.2. The van der Waals surface area contributed by atoms with E-state index in [0.29, 0.717) is 39.3 Å². The number of fused-ring (bicyclic) bond motifs is 2. The van der Waals surface area contributed by atoms with E-state index in [1.165, 1.54) is 46.2 Å². The number of ether oxygens (including phenoxy) is 4. The van der Waals surface area contributed by atoms with Crippen LogP contribution in [0.15, 0.2) is 12.1 Å². The topological polar surface area (TPSA) is 71.1 Å². The highest BCUT2D eigenvalue weighted by Crippen LogP contribution is 2.49. The monoisotopic (exact) mass is 592 g/mol. The summed E-state index contributed by atoms with van der Waals surface area (Å²) in [4.78, 5) is 24.2. The number of rotatable bonds is 12. The summed E-state index contributed by atoms with van der Waals surface area (Å²) in [6.45, 7) is 15.2. The molecule has 0 bridgehead atoms. The van der Waals surface area contributed by atoms with Crippen molar-refractivity contribution in [3.8, 4) is 22.6 Å². The SMILES string of the molecule is Cc1cc2c(c(-c3c4c(cc(C)c3OCCCOC(=O)C(C)(C)C)CCCC4)c1OCCCOC(=O)C(C)C)CCCC2. The molecule has 4 rings (SSSR count). The van der Waals surface area contributed by atoms with E-state index in [-0.39, 0.29) is 17.9 Å². The molecule has 0 unspecified atom stereocenters. The number of carbonyl (C=O) groups is 2. The van der Waals surface area contributed by atoms with Crippen molar-refractivity contribution >= 4 is 11.9 Å². The molecule has 2 aliphatic rings. The van der Waals surface area contributed by atoms with Gasteiger partial charge in [0.15, 0.2) is 0 Å². The quantitative estimate of drug-likeness (QED) is 0.183. The average Bonchev–Trinajstić information content (AvgIpc) is 2.96. The van der Waals surface area contributed by atoms with Crippen molar-refractivity contribution in [1.82, 2.24) is 0 Å². The van der Waals surface area contributed by atoms with E-state index in [4.69, 9.17) is 18.9 Å². The van der Waals surface area contributed by atoms with Gasteiger partial charge in [0, 0.05) is 24.0 Å². The highest BCUT2D eigenvalue weighted by molar-refractivity contribution is 5.86. The van der Waals surface area contributed by atoms with E-state index in [1.807, 2.05) is 34.6 Å². The minimum Gasteiger partial charge on any atom is -0.493 e. The normalized spacial score (nSPS) is 14.6. The molecule has 236 valence electrons. The van der Waals surface area contributed by atoms with Crippen LogP contribution in [0.3, 0.4) is 0 Å². The Morgan fingerprint density at radius 2 is 1.14 bits per heavy atom. The maximum atomic E-state index is 12.2. The van der Waals surface area contributed by atoms with Gasteiger partial charge in [0.25, 0.3) is 0 Å². The van der Waals surface area contributed by atoms with Crippen LogP contribution in [0.25, 0.3) is 11.1 Å². The predicted molar refractivity (Wildman–Crippen MR) is 171 cm³/mol. The second kappa shape index (κ2) is 14.6. The Morgan fingerprint density at radius 1 is 0.698 bits per heavy atom. The molecular formula is C37H52O6. The van der Waals surface area contributed by atoms with E-state index in [9.17, 15) is 9.59 Å². The number of benzene rings is 2. The largest absolute Gasteiger partial charge is 0.493 e. The zero-order valence-corrected chi connectivity index (χ0v) is 27.6. The number of carbonyl (C=O) groups excluding carboxylic acids is 2. The van der Waals surface area contributed by atoms with Gasteiger partial charge in [-0.25, -0.2) is 0 Å². The first-order valence-electron chi connectivity index (χ1n) is 16.4. The number of hydrogen-bond acceptors (Lipinski definition) is 6. The zero-order valence-electron chi connectivity index (χ0n) is 27.6. The molecule has 0 amide bonds. The average molecular weight is 593 g/mol. The molecule has 0 fully saturated rings. The third-order valence-corrected chi connectivity index (χ3v) is 8.46. The van der Waals surface area contributed by atoms with Gasteiger partial charge in [0.2, 0.25) is 0 Å². The first-order chi connectivity index (χ1) is 20.5. The van der Waals surface area contributed by atoms with Crippen molar-refractivity contribution in [2.75, 3.05) is 26.4 Å². The molecule has 6 heteroatoms. The lowest BCUT2D eigenvalue weighted by Crippen LogP contribution is -2.23. The Labute approximate surface area is 258 Å². The van der Waals surface area contributed by atoms with Gasteiger partial charge in [-0.3, -0.25) is 9.59 Å². The van der Waals surface area contributed by atoms with Gasteiger partial charge in [-0.15, -0.1) is 0 Å². The minimum absolute atomic E-state index is 0.133. The van der Waals surface area contributed by atoms with Crippen molar-refractivity contribution in [3.63, 3.8) is 0 Å². The van der Waals surface area contributed by atoms with Crippen LogP contribution in [-0.4, -0.2) is 38.4 Å². The molecule has 6 nitrogen and oxygen atoms in total. The summed E-state index contributed by atoms with van der Waals surface area (Å²) in [5, 5.41) is 0. The van der Waals surface area contributed by atoms with E-state index in [0.717, 1.165) is 61.2 Å². The fourth-order valence-electron chi connectivity index (χ4n) is 6.16. The highest BCUT2D eigenvalue weighted by Gasteiger charge is 2.29. The molecule has 2 aromatic carbocycles. The van der Waals surface area contributed by atoms with E-state index in [2.05, 4.69) is 26.0 Å². The lowest BCUT2D eigenvalue weighted by molar-refractivity contribution is -0.153. The number of aryl methyl sites for hydroxylation is 4. The highest BCUT2D eigenvalue weighted by atomic mass is 16.5. The van der Waals surface area contributed by atoms with Crippen LogP contribution < -0.4 is 9.47 Å². The van der Waals surface area contributed by atoms with Gasteiger partial charge in [-0.2, -0.15) is 0 Å². The molecule has 0 heterocycles. The summed E-state index contributed by atoms with van der Waals surface area (Å²) in [6, 6.07) is 4.64. The van der Waals surface area contributed by atoms with Crippen molar-refractivity contribution in [1.29, 1.82) is 0 Å². The molecule has 0 spiro atoms. The fraction of sp³-hybridized carbons (Fsp3) is 0.622. The molecule has 0 saturated heterocycles. The van der Waals surface area contributed by atoms with Gasteiger partial charge in [-0.1, -0.05) is 26.0 Å². The molecular weight excluding hydrogens is 540 g/mol. The fourth-order valence-corrected chi connectivity index (χ4v) is 6.16. The van der Waals surface area contributed by atoms with Crippen molar-refractivity contribution in [3.05, 3.63) is 45.5 Å². The summed E-state index contributed by atoms with van der Waals surface area (Å²) in [5.41, 5.74) is 9.78. The molecule has 2 aromatic rings. The number of esters is 2. The van der Waals surface area contributed by atoms with Crippen LogP contribution in [0, 0.1) is 25.2 Å². The van der Waals surface area contributed by atoms with Crippen molar-refractivity contribution in [2.45, 2.75) is 113 Å². The van der Waals surface area contributed by atoms with Crippen LogP contribution in [0.2, 0.25) is 0 Å². The maximum Gasteiger partial charge on any atom is 0.311 e. The zero-order chi connectivity index (χ0) is 31.1. The van der Waals surface area contributed by atoms with Crippen LogP contribution in [0.1, 0.15) is 107 Å². The molecule has 0 aliphatic heterocycles. The van der Waals surface area contributed by atoms with Crippen molar-refractivity contribution < 1.29 is 28.5 Å².